The molecule has 0 radical (unpaired) electrons. The molecular weight excluding hydrogens is 1940 g/mol. The van der Waals surface area contributed by atoms with Gasteiger partial charge in [-0.15, -0.1) is 0 Å². The Morgan fingerprint density at radius 3 is 0.966 bits per heavy atom. The highest BCUT2D eigenvalue weighted by Gasteiger charge is 2.33. The number of ketones is 5. The number of rotatable bonds is 41. The summed E-state index contributed by atoms with van der Waals surface area (Å²) in [6.07, 6.45) is 0.736. The van der Waals surface area contributed by atoms with Crippen LogP contribution in [0.1, 0.15) is 173 Å². The van der Waals surface area contributed by atoms with Crippen molar-refractivity contribution in [2.45, 2.75) is 70.4 Å². The first kappa shape index (κ1) is 115. The van der Waals surface area contributed by atoms with Crippen LogP contribution in [0, 0.1) is 17.5 Å². The van der Waals surface area contributed by atoms with E-state index < -0.39 is 52.8 Å². The minimum Gasteiger partial charge on any atom is -0.497 e. The van der Waals surface area contributed by atoms with Crippen molar-refractivity contribution in [2.75, 3.05) is 233 Å². The monoisotopic (exact) mass is 2060 g/mol. The first-order valence-electron chi connectivity index (χ1n) is 49.3. The molecule has 5 saturated heterocycles. The quantitative estimate of drug-likeness (QED) is 0.0175. The van der Waals surface area contributed by atoms with E-state index in [9.17, 15) is 74.3 Å². The zero-order valence-corrected chi connectivity index (χ0v) is 84.5. The van der Waals surface area contributed by atoms with Gasteiger partial charge in [-0.05, 0) is 216 Å². The highest BCUT2D eigenvalue weighted by Crippen LogP contribution is 2.38. The molecule has 15 rings (SSSR count). The number of carbonyl (C=O) groups is 10. The molecule has 31 nitrogen and oxygen atoms in total. The Kier molecular flexibility index (Phi) is 46.7. The molecule has 0 unspecified atom stereocenters. The molecule has 0 atom stereocenters. The number of para-hydroxylation sites is 4. The van der Waals surface area contributed by atoms with Crippen molar-refractivity contribution < 1.29 is 126 Å². The second-order valence-electron chi connectivity index (χ2n) is 34.9. The zero-order valence-electron chi connectivity index (χ0n) is 84.5. The van der Waals surface area contributed by atoms with Crippen LogP contribution in [0.4, 0.5) is 54.8 Å². The number of carbonyl (C=O) groups excluding carboxylic acids is 10. The number of methoxy groups -OCH3 is 6. The topological polar surface area (TPSA) is 349 Å². The molecule has 10 aromatic rings. The molecule has 5 aliphatic heterocycles. The number of hydrogen-bond donors (Lipinski definition) is 5. The minimum absolute atomic E-state index is 0.0211. The van der Waals surface area contributed by atoms with Crippen molar-refractivity contribution in [1.82, 2.24) is 24.5 Å². The van der Waals surface area contributed by atoms with Crippen LogP contribution in [0.25, 0.3) is 0 Å². The predicted molar refractivity (Wildman–Crippen MR) is 552 cm³/mol. The van der Waals surface area contributed by atoms with Crippen LogP contribution >= 0.6 is 0 Å². The summed E-state index contributed by atoms with van der Waals surface area (Å²) in [6.45, 7) is 20.0. The molecule has 0 saturated carbocycles. The van der Waals surface area contributed by atoms with Gasteiger partial charge in [0.25, 0.3) is 29.5 Å². The summed E-state index contributed by atoms with van der Waals surface area (Å²) in [4.78, 5) is 139. The lowest BCUT2D eigenvalue weighted by Crippen LogP contribution is -2.36. The molecule has 10 aromatic carbocycles. The third-order valence-corrected chi connectivity index (χ3v) is 24.9. The number of amides is 5. The first-order valence-corrected chi connectivity index (χ1v) is 49.3. The lowest BCUT2D eigenvalue weighted by atomic mass is 10.0. The fourth-order valence-electron chi connectivity index (χ4n) is 16.7. The molecule has 5 N–H and O–H groups in total. The van der Waals surface area contributed by atoms with Crippen LogP contribution in [-0.2, 0) is 29.9 Å². The number of nitrogens with one attached hydrogen (secondary N) is 5. The smallest absolute Gasteiger partial charge is 0.416 e. The third-order valence-electron chi connectivity index (χ3n) is 24.9. The average Bonchev–Trinajstić information content (AvgIpc) is 0.816. The van der Waals surface area contributed by atoms with Gasteiger partial charge in [-0.1, -0.05) is 54.6 Å². The van der Waals surface area contributed by atoms with Crippen LogP contribution < -0.4 is 55.0 Å². The Hall–Kier alpha value is -14.1. The number of halogens is 6. The highest BCUT2D eigenvalue weighted by atomic mass is 19.4. The Morgan fingerprint density at radius 2 is 0.591 bits per heavy atom. The third kappa shape index (κ3) is 36.1. The van der Waals surface area contributed by atoms with Crippen molar-refractivity contribution in [3.05, 3.63) is 291 Å². The molecule has 794 valence electrons. The van der Waals surface area contributed by atoms with E-state index in [1.807, 2.05) is 0 Å². The van der Waals surface area contributed by atoms with Crippen LogP contribution in [0.3, 0.4) is 0 Å². The van der Waals surface area contributed by atoms with Crippen molar-refractivity contribution in [3.8, 4) is 34.5 Å². The molecule has 0 aliphatic carbocycles. The highest BCUT2D eigenvalue weighted by molar-refractivity contribution is 6.15. The molecule has 5 fully saturated rings. The lowest BCUT2D eigenvalue weighted by molar-refractivity contribution is -0.137. The van der Waals surface area contributed by atoms with Crippen molar-refractivity contribution in [1.29, 1.82) is 0 Å². The second kappa shape index (κ2) is 60.4. The summed E-state index contributed by atoms with van der Waals surface area (Å²) in [7, 11) is 8.98. The fourth-order valence-corrected chi connectivity index (χ4v) is 16.7. The zero-order chi connectivity index (χ0) is 106. The number of alkyl halides is 3. The van der Waals surface area contributed by atoms with Crippen molar-refractivity contribution >= 4 is 86.9 Å². The molecule has 37 heteroatoms. The maximum Gasteiger partial charge on any atom is 0.416 e. The van der Waals surface area contributed by atoms with Gasteiger partial charge in [-0.2, -0.15) is 13.2 Å². The van der Waals surface area contributed by atoms with E-state index in [0.29, 0.717) is 168 Å². The lowest BCUT2D eigenvalue weighted by Gasteiger charge is -2.26. The molecule has 5 amide bonds. The summed E-state index contributed by atoms with van der Waals surface area (Å²) in [5, 5.41) is 13.5. The average molecular weight is 2060 g/mol. The first-order chi connectivity index (χ1) is 72.1. The standard InChI is InChI=1S/C23H27FN2O5.C23H28N2O5.C22H23F3N2O3.2C22H25FN2O4/c1-29-21-14-17(20(27)8-5-9-26-10-12-31-13-11-26)19(15-22(21)30-2)25-23(28)16-6-3-4-7-18(16)24;1-28-18-10-8-17(9-11-18)23(27)24-22-19(5-3-7-21(22)29-2)20(26)6-4-12-25-13-15-30-16-14-25;23-22(24,25)17-6-3-5-16(15-17)21(29)26-19-8-2-1-7-18(19)20(28)9-4-10-27-11-13-30-14-12-27;1-28-20-9-3-7-18(19(26)8-4-10-25-11-13-29-14-12-25)21(20)24-22(27)16-5-2-6-17(23)15-16;1-28-20-6-2-4-18(19(26)5-3-11-25-12-14-29-15-13-25)21(20)24-22(27)16-7-9-17(23)10-8-16/h3-4,6-7,14-15H,5,8-13H2,1-2H3,(H,25,28);3,5,7-11H,4,6,12-16H2,1-2H3,(H,24,27);1-3,5-8,15H,4,9-14H2,(H,26,29);2-3,5-7,9,15H,4,8,10-14H2,1H3,(H,24,27);2,4,6-10H,3,5,11-15H2,1H3,(H,24,27). The van der Waals surface area contributed by atoms with E-state index in [1.165, 1.54) is 114 Å². The summed E-state index contributed by atoms with van der Waals surface area (Å²) in [6, 6.07) is 52.2. The molecular formula is C112H128F6N10O21. The number of morpholine rings is 5. The Balaban J connectivity index is 0.000000177. The number of nitrogens with zero attached hydrogens (tertiary/aromatic N) is 5. The molecule has 0 aromatic heterocycles. The SMILES string of the molecule is COc1cc(NC(=O)c2ccccc2F)c(C(=O)CCCN2CCOCC2)cc1OC.COc1ccc(C(=O)Nc2c(OC)cccc2C(=O)CCCN2CCOCC2)cc1.COc1cccc(C(=O)CCCN2CCOCC2)c1NC(=O)c1ccc(F)cc1.COc1cccc(C(=O)CCCN2CCOCC2)c1NC(=O)c1cccc(F)c1.O=C(Nc1ccccc1C(=O)CCCN1CCOCC1)c1cccc(C(F)(F)F)c1. The molecule has 149 heavy (non-hydrogen) atoms. The van der Waals surface area contributed by atoms with Crippen LogP contribution in [0.5, 0.6) is 34.5 Å². The Bertz CT molecular complexity index is 6090. The fraction of sp³-hybridized carbons (Fsp3) is 0.375. The van der Waals surface area contributed by atoms with Crippen LogP contribution in [0.2, 0.25) is 0 Å². The van der Waals surface area contributed by atoms with Gasteiger partial charge in [0.2, 0.25) is 0 Å². The summed E-state index contributed by atoms with van der Waals surface area (Å²) < 4.78 is 138. The predicted octanol–water partition coefficient (Wildman–Crippen LogP) is 17.7. The van der Waals surface area contributed by atoms with Gasteiger partial charge in [0.1, 0.15) is 40.4 Å². The largest absolute Gasteiger partial charge is 0.497 e. The number of hydrogen-bond acceptors (Lipinski definition) is 26. The van der Waals surface area contributed by atoms with Gasteiger partial charge in [-0.3, -0.25) is 72.4 Å². The van der Waals surface area contributed by atoms with Gasteiger partial charge in [0, 0.05) is 154 Å². The molecule has 5 heterocycles. The van der Waals surface area contributed by atoms with E-state index in [0.717, 1.165) is 169 Å². The number of benzene rings is 10. The van der Waals surface area contributed by atoms with E-state index in [4.69, 9.17) is 52.1 Å². The maximum atomic E-state index is 14.0. The number of Topliss-reactive ketones (excluding diaryl/α,β-unsaturated/α-hetero) is 5. The van der Waals surface area contributed by atoms with Gasteiger partial charge >= 0.3 is 6.18 Å². The summed E-state index contributed by atoms with van der Waals surface area (Å²) >= 11 is 0. The van der Waals surface area contributed by atoms with Gasteiger partial charge in [-0.25, -0.2) is 13.2 Å². The maximum absolute atomic E-state index is 14.0. The number of ether oxygens (including phenoxy) is 11. The summed E-state index contributed by atoms with van der Waals surface area (Å²) in [5.41, 5.74) is 3.26. The summed E-state index contributed by atoms with van der Waals surface area (Å²) in [5.74, 6) is -1.94. The van der Waals surface area contributed by atoms with Crippen molar-refractivity contribution in [3.63, 3.8) is 0 Å². The number of anilines is 5. The normalized spacial score (nSPS) is 14.4. The molecule has 0 spiro atoms. The van der Waals surface area contributed by atoms with Crippen LogP contribution in [-0.4, -0.2) is 290 Å². The molecule has 0 bridgehead atoms. The van der Waals surface area contributed by atoms with E-state index in [2.05, 4.69) is 51.1 Å². The Morgan fingerprint density at radius 1 is 0.275 bits per heavy atom. The second-order valence-corrected chi connectivity index (χ2v) is 34.9. The van der Waals surface area contributed by atoms with Gasteiger partial charge < -0.3 is 78.7 Å². The molecule has 5 aliphatic rings. The minimum atomic E-state index is -4.54. The van der Waals surface area contributed by atoms with E-state index in [-0.39, 0.29) is 62.9 Å². The van der Waals surface area contributed by atoms with E-state index in [1.54, 1.807) is 122 Å². The van der Waals surface area contributed by atoms with Gasteiger partial charge in [0.15, 0.2) is 40.4 Å². The Labute approximate surface area is 862 Å². The van der Waals surface area contributed by atoms with Gasteiger partial charge in [0.05, 0.1) is 148 Å². The van der Waals surface area contributed by atoms with Crippen molar-refractivity contribution in [2.24, 2.45) is 0 Å². The van der Waals surface area contributed by atoms with E-state index >= 15 is 0 Å². The van der Waals surface area contributed by atoms with Crippen LogP contribution in [0.15, 0.2) is 212 Å².